The minimum absolute atomic E-state index is 0.227. The highest BCUT2D eigenvalue weighted by Crippen LogP contribution is 2.26. The molecule has 1 atom stereocenters. The number of hydrogen-bond acceptors (Lipinski definition) is 3. The lowest BCUT2D eigenvalue weighted by Gasteiger charge is -2.31. The fraction of sp³-hybridized carbons (Fsp3) is 0.412. The first kappa shape index (κ1) is 14.8. The van der Waals surface area contributed by atoms with Gasteiger partial charge >= 0.3 is 0 Å². The first-order valence-corrected chi connectivity index (χ1v) is 7.20. The van der Waals surface area contributed by atoms with Crippen LogP contribution in [0.1, 0.15) is 35.4 Å². The van der Waals surface area contributed by atoms with E-state index in [0.717, 1.165) is 18.8 Å². The molecule has 0 bridgehead atoms. The molecule has 2 N–H and O–H groups in total. The molecular weight excluding hydrogens is 248 g/mol. The van der Waals surface area contributed by atoms with E-state index in [1.54, 1.807) is 6.26 Å². The van der Waals surface area contributed by atoms with E-state index in [1.807, 2.05) is 12.1 Å². The van der Waals surface area contributed by atoms with Gasteiger partial charge in [-0.1, -0.05) is 25.1 Å². The molecule has 0 amide bonds. The molecule has 3 heteroatoms. The molecule has 2 rings (SSSR count). The number of rotatable bonds is 6. The predicted molar refractivity (Wildman–Crippen MR) is 82.5 cm³/mol. The zero-order valence-electron chi connectivity index (χ0n) is 12.6. The van der Waals surface area contributed by atoms with E-state index >= 15 is 0 Å². The Morgan fingerprint density at radius 1 is 1.20 bits per heavy atom. The van der Waals surface area contributed by atoms with Gasteiger partial charge in [0.05, 0.1) is 12.8 Å². The van der Waals surface area contributed by atoms with Gasteiger partial charge in [-0.3, -0.25) is 4.90 Å². The largest absolute Gasteiger partial charge is 0.468 e. The van der Waals surface area contributed by atoms with E-state index in [0.29, 0.717) is 6.54 Å². The molecule has 0 fully saturated rings. The molecular formula is C17H24N2O. The topological polar surface area (TPSA) is 42.4 Å². The summed E-state index contributed by atoms with van der Waals surface area (Å²) < 4.78 is 5.47. The highest BCUT2D eigenvalue weighted by Gasteiger charge is 2.20. The third kappa shape index (κ3) is 3.11. The van der Waals surface area contributed by atoms with Gasteiger partial charge in [-0.15, -0.1) is 0 Å². The Morgan fingerprint density at radius 2 is 2.00 bits per heavy atom. The molecule has 1 aromatic carbocycles. The van der Waals surface area contributed by atoms with Crippen LogP contribution in [-0.2, 0) is 6.54 Å². The summed E-state index contributed by atoms with van der Waals surface area (Å²) in [4.78, 5) is 2.36. The van der Waals surface area contributed by atoms with E-state index in [2.05, 4.69) is 43.9 Å². The average Bonchev–Trinajstić information content (AvgIpc) is 2.96. The number of likely N-dealkylation sites (N-methyl/N-ethyl adjacent to an activating group) is 1. The van der Waals surface area contributed by atoms with Crippen LogP contribution in [0, 0.1) is 13.8 Å². The molecule has 0 saturated heterocycles. The minimum Gasteiger partial charge on any atom is -0.468 e. The van der Waals surface area contributed by atoms with Gasteiger partial charge < -0.3 is 10.2 Å². The summed E-state index contributed by atoms with van der Waals surface area (Å²) in [7, 11) is 0. The molecule has 0 radical (unpaired) electrons. The van der Waals surface area contributed by atoms with Crippen molar-refractivity contribution in [2.75, 3.05) is 13.1 Å². The highest BCUT2D eigenvalue weighted by atomic mass is 16.3. The van der Waals surface area contributed by atoms with E-state index in [-0.39, 0.29) is 6.04 Å². The van der Waals surface area contributed by atoms with Gasteiger partial charge in [0, 0.05) is 12.6 Å². The number of hydrogen-bond donors (Lipinski definition) is 1. The molecule has 1 aromatic heterocycles. The van der Waals surface area contributed by atoms with Crippen molar-refractivity contribution in [1.29, 1.82) is 0 Å². The molecule has 0 aliphatic carbocycles. The lowest BCUT2D eigenvalue weighted by Crippen LogP contribution is -2.33. The highest BCUT2D eigenvalue weighted by molar-refractivity contribution is 5.35. The number of aryl methyl sites for hydroxylation is 1. The van der Waals surface area contributed by atoms with E-state index in [1.165, 1.54) is 16.7 Å². The maximum atomic E-state index is 6.06. The van der Waals surface area contributed by atoms with Crippen LogP contribution < -0.4 is 5.73 Å². The summed E-state index contributed by atoms with van der Waals surface area (Å²) in [6, 6.07) is 10.6. The molecule has 20 heavy (non-hydrogen) atoms. The molecule has 108 valence electrons. The van der Waals surface area contributed by atoms with Crippen LogP contribution in [0.4, 0.5) is 0 Å². The molecule has 1 unspecified atom stereocenters. The predicted octanol–water partition coefficient (Wildman–Crippen LogP) is 3.42. The van der Waals surface area contributed by atoms with E-state index in [4.69, 9.17) is 10.2 Å². The van der Waals surface area contributed by atoms with E-state index in [9.17, 15) is 0 Å². The Morgan fingerprint density at radius 3 is 2.60 bits per heavy atom. The number of furan rings is 1. The van der Waals surface area contributed by atoms with Crippen LogP contribution in [0.3, 0.4) is 0 Å². The summed E-state index contributed by atoms with van der Waals surface area (Å²) in [5, 5.41) is 0. The lowest BCUT2D eigenvalue weighted by molar-refractivity contribution is 0.187. The zero-order chi connectivity index (χ0) is 14.5. The van der Waals surface area contributed by atoms with Crippen molar-refractivity contribution in [1.82, 2.24) is 4.90 Å². The third-order valence-corrected chi connectivity index (χ3v) is 4.01. The van der Waals surface area contributed by atoms with Crippen molar-refractivity contribution >= 4 is 0 Å². The van der Waals surface area contributed by atoms with Crippen LogP contribution in [0.25, 0.3) is 0 Å². The second kappa shape index (κ2) is 6.73. The molecule has 0 aliphatic heterocycles. The van der Waals surface area contributed by atoms with Crippen LogP contribution in [0.2, 0.25) is 0 Å². The summed E-state index contributed by atoms with van der Waals surface area (Å²) in [6.07, 6.45) is 1.72. The Hall–Kier alpha value is -1.58. The third-order valence-electron chi connectivity index (χ3n) is 4.01. The van der Waals surface area contributed by atoms with Gasteiger partial charge in [0.2, 0.25) is 0 Å². The molecule has 1 heterocycles. The molecule has 3 nitrogen and oxygen atoms in total. The number of nitrogens with two attached hydrogens (primary N) is 1. The molecule has 0 saturated carbocycles. The van der Waals surface area contributed by atoms with Gasteiger partial charge in [-0.25, -0.2) is 0 Å². The summed E-state index contributed by atoms with van der Waals surface area (Å²) in [5.74, 6) is 0.982. The van der Waals surface area contributed by atoms with Crippen LogP contribution in [-0.4, -0.2) is 18.0 Å². The first-order chi connectivity index (χ1) is 9.67. The van der Waals surface area contributed by atoms with Crippen molar-refractivity contribution in [2.45, 2.75) is 33.4 Å². The fourth-order valence-corrected chi connectivity index (χ4v) is 2.65. The average molecular weight is 272 g/mol. The Kier molecular flexibility index (Phi) is 4.99. The second-order valence-electron chi connectivity index (χ2n) is 5.18. The van der Waals surface area contributed by atoms with Gasteiger partial charge in [0.25, 0.3) is 0 Å². The van der Waals surface area contributed by atoms with Crippen LogP contribution in [0.15, 0.2) is 41.0 Å². The standard InChI is InChI=1S/C17H24N2O/c1-4-19(12-15-8-6-10-20-15)17(11-18)16-9-5-7-13(2)14(16)3/h5-10,17H,4,11-12,18H2,1-3H3. The van der Waals surface area contributed by atoms with Crippen molar-refractivity contribution < 1.29 is 4.42 Å². The smallest absolute Gasteiger partial charge is 0.117 e. The normalized spacial score (nSPS) is 12.8. The Bertz CT molecular complexity index is 534. The SMILES string of the molecule is CCN(Cc1ccco1)C(CN)c1cccc(C)c1C. The first-order valence-electron chi connectivity index (χ1n) is 7.20. The molecule has 0 spiro atoms. The summed E-state index contributed by atoms with van der Waals surface area (Å²) >= 11 is 0. The van der Waals surface area contributed by atoms with Crippen molar-refractivity contribution in [2.24, 2.45) is 5.73 Å². The van der Waals surface area contributed by atoms with Crippen molar-refractivity contribution in [3.63, 3.8) is 0 Å². The quantitative estimate of drug-likeness (QED) is 0.876. The second-order valence-corrected chi connectivity index (χ2v) is 5.18. The monoisotopic (exact) mass is 272 g/mol. The van der Waals surface area contributed by atoms with Gasteiger partial charge in [-0.2, -0.15) is 0 Å². The summed E-state index contributed by atoms with van der Waals surface area (Å²) in [6.45, 7) is 8.83. The molecule has 0 aliphatic rings. The lowest BCUT2D eigenvalue weighted by atomic mass is 9.96. The fourth-order valence-electron chi connectivity index (χ4n) is 2.65. The maximum absolute atomic E-state index is 6.06. The van der Waals surface area contributed by atoms with Gasteiger partial charge in [-0.05, 0) is 49.2 Å². The van der Waals surface area contributed by atoms with Gasteiger partial charge in [0.1, 0.15) is 5.76 Å². The zero-order valence-corrected chi connectivity index (χ0v) is 12.6. The van der Waals surface area contributed by atoms with Gasteiger partial charge in [0.15, 0.2) is 0 Å². The van der Waals surface area contributed by atoms with Crippen LogP contribution in [0.5, 0.6) is 0 Å². The Labute approximate surface area is 121 Å². The Balaban J connectivity index is 2.27. The van der Waals surface area contributed by atoms with Crippen molar-refractivity contribution in [3.05, 3.63) is 59.0 Å². The minimum atomic E-state index is 0.227. The molecule has 2 aromatic rings. The maximum Gasteiger partial charge on any atom is 0.117 e. The van der Waals surface area contributed by atoms with Crippen LogP contribution >= 0.6 is 0 Å². The number of nitrogens with zero attached hydrogens (tertiary/aromatic N) is 1. The number of benzene rings is 1. The van der Waals surface area contributed by atoms with E-state index < -0.39 is 0 Å². The summed E-state index contributed by atoms with van der Waals surface area (Å²) in [5.41, 5.74) is 10.0. The van der Waals surface area contributed by atoms with Crippen molar-refractivity contribution in [3.8, 4) is 0 Å².